The van der Waals surface area contributed by atoms with Crippen molar-refractivity contribution in [2.45, 2.75) is 25.2 Å². The normalized spacial score (nSPS) is 24.5. The smallest absolute Gasteiger partial charge is 0.226 e. The first-order valence-corrected chi connectivity index (χ1v) is 10.4. The summed E-state index contributed by atoms with van der Waals surface area (Å²) in [5.74, 6) is 0.350. The van der Waals surface area contributed by atoms with Gasteiger partial charge in [-0.1, -0.05) is 18.2 Å². The maximum Gasteiger partial charge on any atom is 0.226 e. The number of benzene rings is 1. The van der Waals surface area contributed by atoms with E-state index in [-0.39, 0.29) is 23.3 Å². The number of aromatic nitrogens is 1. The van der Waals surface area contributed by atoms with Crippen LogP contribution < -0.4 is 0 Å². The molecule has 2 aromatic rings. The molecule has 1 atom stereocenters. The van der Waals surface area contributed by atoms with Crippen LogP contribution in [0.5, 0.6) is 0 Å². The third-order valence-corrected chi connectivity index (χ3v) is 7.15. The van der Waals surface area contributed by atoms with Gasteiger partial charge in [0, 0.05) is 30.2 Å². The minimum absolute atomic E-state index is 0.0335. The van der Waals surface area contributed by atoms with Gasteiger partial charge in [0.15, 0.2) is 9.84 Å². The predicted molar refractivity (Wildman–Crippen MR) is 93.6 cm³/mol. The number of amides is 1. The van der Waals surface area contributed by atoms with Crippen molar-refractivity contribution in [3.63, 3.8) is 0 Å². The topological polar surface area (TPSA) is 70.2 Å². The average Bonchev–Trinajstić information content (AvgIpc) is 3.17. The first-order valence-electron chi connectivity index (χ1n) is 8.59. The number of carbonyl (C=O) groups is 1. The number of fused-ring (bicyclic) bond motifs is 1. The van der Waals surface area contributed by atoms with Crippen LogP contribution in [0.15, 0.2) is 30.3 Å². The Hall–Kier alpha value is -1.82. The van der Waals surface area contributed by atoms with E-state index >= 15 is 0 Å². The van der Waals surface area contributed by atoms with E-state index < -0.39 is 9.84 Å². The minimum Gasteiger partial charge on any atom is -0.358 e. The van der Waals surface area contributed by atoms with Gasteiger partial charge in [0.1, 0.15) is 0 Å². The minimum atomic E-state index is -3.00. The molecule has 5 nitrogen and oxygen atoms in total. The number of sulfone groups is 1. The molecule has 4 rings (SSSR count). The van der Waals surface area contributed by atoms with Gasteiger partial charge in [-0.15, -0.1) is 0 Å². The number of piperidine rings is 1. The number of hydrogen-bond donors (Lipinski definition) is 1. The summed E-state index contributed by atoms with van der Waals surface area (Å²) in [6.07, 6.45) is 2.35. The molecule has 3 heterocycles. The van der Waals surface area contributed by atoms with Crippen LogP contribution in [-0.2, 0) is 14.6 Å². The number of nitrogens with zero attached hydrogens (tertiary/aromatic N) is 1. The second-order valence-corrected chi connectivity index (χ2v) is 9.24. The van der Waals surface area contributed by atoms with E-state index in [9.17, 15) is 13.2 Å². The van der Waals surface area contributed by atoms with Crippen LogP contribution in [0.3, 0.4) is 0 Å². The molecule has 1 amide bonds. The molecular weight excluding hydrogens is 324 g/mol. The van der Waals surface area contributed by atoms with Crippen LogP contribution in [-0.4, -0.2) is 48.8 Å². The summed E-state index contributed by atoms with van der Waals surface area (Å²) >= 11 is 0. The van der Waals surface area contributed by atoms with Gasteiger partial charge >= 0.3 is 0 Å². The Morgan fingerprint density at radius 2 is 1.88 bits per heavy atom. The summed E-state index contributed by atoms with van der Waals surface area (Å²) in [5, 5.41) is 1.22. The van der Waals surface area contributed by atoms with E-state index in [1.165, 1.54) is 11.1 Å². The summed E-state index contributed by atoms with van der Waals surface area (Å²) in [7, 11) is -3.00. The molecule has 2 saturated heterocycles. The molecule has 24 heavy (non-hydrogen) atoms. The Labute approximate surface area is 142 Å². The zero-order valence-electron chi connectivity index (χ0n) is 13.6. The first-order chi connectivity index (χ1) is 11.5. The van der Waals surface area contributed by atoms with Crippen molar-refractivity contribution in [1.29, 1.82) is 0 Å². The van der Waals surface area contributed by atoms with Gasteiger partial charge in [0.05, 0.1) is 17.4 Å². The molecule has 0 radical (unpaired) electrons. The fourth-order valence-electron chi connectivity index (χ4n) is 3.97. The SMILES string of the molecule is O=C([C@@H]1CCS(=O)(=O)C1)N1CCC(c2cc3ccccc3[nH]2)CC1. The van der Waals surface area contributed by atoms with Crippen molar-refractivity contribution in [2.75, 3.05) is 24.6 Å². The molecule has 0 aliphatic carbocycles. The monoisotopic (exact) mass is 346 g/mol. The molecule has 2 aliphatic rings. The van der Waals surface area contributed by atoms with Crippen LogP contribution in [0.25, 0.3) is 10.9 Å². The van der Waals surface area contributed by atoms with Crippen molar-refractivity contribution in [2.24, 2.45) is 5.92 Å². The van der Waals surface area contributed by atoms with Gasteiger partial charge in [0.2, 0.25) is 5.91 Å². The van der Waals surface area contributed by atoms with Gasteiger partial charge in [0.25, 0.3) is 0 Å². The lowest BCUT2D eigenvalue weighted by Gasteiger charge is -2.33. The highest BCUT2D eigenvalue weighted by molar-refractivity contribution is 7.91. The highest BCUT2D eigenvalue weighted by Crippen LogP contribution is 2.31. The van der Waals surface area contributed by atoms with E-state index in [1.807, 2.05) is 17.0 Å². The van der Waals surface area contributed by atoms with Gasteiger partial charge in [-0.05, 0) is 36.8 Å². The summed E-state index contributed by atoms with van der Waals surface area (Å²) in [6.45, 7) is 1.44. The number of rotatable bonds is 2. The molecule has 2 fully saturated rings. The second kappa shape index (κ2) is 5.92. The Balaban J connectivity index is 1.40. The number of hydrogen-bond acceptors (Lipinski definition) is 3. The molecule has 1 N–H and O–H groups in total. The van der Waals surface area contributed by atoms with E-state index in [2.05, 4.69) is 23.2 Å². The average molecular weight is 346 g/mol. The van der Waals surface area contributed by atoms with E-state index in [0.717, 1.165) is 31.4 Å². The number of H-pyrrole nitrogens is 1. The third-order valence-electron chi connectivity index (χ3n) is 5.38. The Morgan fingerprint density at radius 1 is 1.12 bits per heavy atom. The third kappa shape index (κ3) is 2.95. The molecule has 1 aromatic heterocycles. The second-order valence-electron chi connectivity index (χ2n) is 7.01. The maximum absolute atomic E-state index is 12.5. The maximum atomic E-state index is 12.5. The highest BCUT2D eigenvalue weighted by Gasteiger charge is 2.36. The predicted octanol–water partition coefficient (Wildman–Crippen LogP) is 2.31. The Bertz CT molecular complexity index is 830. The van der Waals surface area contributed by atoms with Crippen molar-refractivity contribution in [3.8, 4) is 0 Å². The number of aromatic amines is 1. The van der Waals surface area contributed by atoms with Gasteiger partial charge in [-0.25, -0.2) is 8.42 Å². The van der Waals surface area contributed by atoms with E-state index in [1.54, 1.807) is 0 Å². The zero-order chi connectivity index (χ0) is 16.7. The lowest BCUT2D eigenvalue weighted by Crippen LogP contribution is -2.41. The molecular formula is C18H22N2O3S. The van der Waals surface area contributed by atoms with E-state index in [4.69, 9.17) is 0 Å². The molecule has 6 heteroatoms. The van der Waals surface area contributed by atoms with Crippen molar-refractivity contribution >= 4 is 26.6 Å². The van der Waals surface area contributed by atoms with Gasteiger partial charge in [-0.3, -0.25) is 4.79 Å². The molecule has 0 spiro atoms. The number of para-hydroxylation sites is 1. The van der Waals surface area contributed by atoms with Gasteiger partial charge < -0.3 is 9.88 Å². The summed E-state index contributed by atoms with van der Waals surface area (Å²) in [4.78, 5) is 17.9. The van der Waals surface area contributed by atoms with Crippen molar-refractivity contribution < 1.29 is 13.2 Å². The molecule has 0 bridgehead atoms. The van der Waals surface area contributed by atoms with Crippen LogP contribution >= 0.6 is 0 Å². The van der Waals surface area contributed by atoms with Crippen LogP contribution in [0, 0.1) is 5.92 Å². The Morgan fingerprint density at radius 3 is 2.54 bits per heavy atom. The van der Waals surface area contributed by atoms with Gasteiger partial charge in [-0.2, -0.15) is 0 Å². The largest absolute Gasteiger partial charge is 0.358 e. The fourth-order valence-corrected chi connectivity index (χ4v) is 5.71. The number of likely N-dealkylation sites (tertiary alicyclic amines) is 1. The lowest BCUT2D eigenvalue weighted by molar-refractivity contribution is -0.135. The molecule has 0 unspecified atom stereocenters. The Kier molecular flexibility index (Phi) is 3.87. The van der Waals surface area contributed by atoms with Crippen LogP contribution in [0.1, 0.15) is 30.9 Å². The van der Waals surface area contributed by atoms with Crippen LogP contribution in [0.2, 0.25) is 0 Å². The van der Waals surface area contributed by atoms with Crippen LogP contribution in [0.4, 0.5) is 0 Å². The standard InChI is InChI=1S/C18H22N2O3S/c21-18(15-7-10-24(22,23)12-15)20-8-5-13(6-9-20)17-11-14-3-1-2-4-16(14)19-17/h1-4,11,13,15,19H,5-10,12H2/t15-/m1/s1. The first kappa shape index (κ1) is 15.7. The zero-order valence-corrected chi connectivity index (χ0v) is 14.4. The molecule has 2 aliphatic heterocycles. The number of carbonyl (C=O) groups excluding carboxylic acids is 1. The number of nitrogens with one attached hydrogen (secondary N) is 1. The summed E-state index contributed by atoms with van der Waals surface area (Å²) in [6, 6.07) is 10.5. The van der Waals surface area contributed by atoms with Crippen molar-refractivity contribution in [3.05, 3.63) is 36.0 Å². The van der Waals surface area contributed by atoms with E-state index in [0.29, 0.717) is 12.3 Å². The quantitative estimate of drug-likeness (QED) is 0.907. The fraction of sp³-hybridized carbons (Fsp3) is 0.500. The lowest BCUT2D eigenvalue weighted by atomic mass is 9.92. The highest BCUT2D eigenvalue weighted by atomic mass is 32.2. The summed E-state index contributed by atoms with van der Waals surface area (Å²) < 4.78 is 23.2. The van der Waals surface area contributed by atoms with Crippen molar-refractivity contribution in [1.82, 2.24) is 9.88 Å². The molecule has 128 valence electrons. The summed E-state index contributed by atoms with van der Waals surface area (Å²) in [5.41, 5.74) is 2.40. The molecule has 1 aromatic carbocycles. The molecule has 0 saturated carbocycles.